The van der Waals surface area contributed by atoms with Gasteiger partial charge in [-0.25, -0.2) is 0 Å². The minimum atomic E-state index is 0.0578. The average molecular weight is 297 g/mol. The predicted octanol–water partition coefficient (Wildman–Crippen LogP) is 2.77. The zero-order valence-corrected chi connectivity index (χ0v) is 13.7. The highest BCUT2D eigenvalue weighted by Crippen LogP contribution is 2.19. The van der Waals surface area contributed by atoms with E-state index in [1.54, 1.807) is 17.3 Å². The number of hydrogen-bond acceptors (Lipinski definition) is 3. The molecule has 0 spiro atoms. The van der Waals surface area contributed by atoms with Crippen molar-refractivity contribution in [3.05, 3.63) is 59.4 Å². The molecular weight excluding hydrogens is 274 g/mol. The molecule has 0 saturated carbocycles. The second-order valence-corrected chi connectivity index (χ2v) is 5.73. The van der Waals surface area contributed by atoms with Gasteiger partial charge in [0.15, 0.2) is 0 Å². The van der Waals surface area contributed by atoms with Crippen LogP contribution in [-0.2, 0) is 6.42 Å². The smallest absolute Gasteiger partial charge is 0.253 e. The standard InChI is InChI=1S/C18H23N3O/c1-14-13-16(5-6-17(14)20(2)3)18(22)21(4)12-9-15-7-10-19-11-8-15/h5-8,10-11,13H,9,12H2,1-4H3. The summed E-state index contributed by atoms with van der Waals surface area (Å²) in [6, 6.07) is 9.82. The van der Waals surface area contributed by atoms with Gasteiger partial charge in [0, 0.05) is 51.3 Å². The molecule has 0 bridgehead atoms. The number of pyridine rings is 1. The third-order valence-electron chi connectivity index (χ3n) is 3.76. The Balaban J connectivity index is 2.03. The van der Waals surface area contributed by atoms with Crippen LogP contribution in [0.15, 0.2) is 42.7 Å². The van der Waals surface area contributed by atoms with Crippen molar-refractivity contribution in [3.63, 3.8) is 0 Å². The van der Waals surface area contributed by atoms with Crippen molar-refractivity contribution >= 4 is 11.6 Å². The van der Waals surface area contributed by atoms with E-state index in [9.17, 15) is 4.79 Å². The summed E-state index contributed by atoms with van der Waals surface area (Å²) >= 11 is 0. The quantitative estimate of drug-likeness (QED) is 0.851. The van der Waals surface area contributed by atoms with E-state index in [2.05, 4.69) is 9.88 Å². The molecule has 1 amide bonds. The van der Waals surface area contributed by atoms with E-state index in [0.29, 0.717) is 6.54 Å². The highest BCUT2D eigenvalue weighted by molar-refractivity contribution is 5.94. The SMILES string of the molecule is Cc1cc(C(=O)N(C)CCc2ccncc2)ccc1N(C)C. The number of hydrogen-bond donors (Lipinski definition) is 0. The summed E-state index contributed by atoms with van der Waals surface area (Å²) in [7, 11) is 5.86. The fourth-order valence-electron chi connectivity index (χ4n) is 2.46. The van der Waals surface area contributed by atoms with Crippen molar-refractivity contribution in [1.82, 2.24) is 9.88 Å². The third-order valence-corrected chi connectivity index (χ3v) is 3.76. The zero-order valence-electron chi connectivity index (χ0n) is 13.7. The highest BCUT2D eigenvalue weighted by Gasteiger charge is 2.13. The number of rotatable bonds is 5. The number of carbonyl (C=O) groups excluding carboxylic acids is 1. The second-order valence-electron chi connectivity index (χ2n) is 5.73. The summed E-state index contributed by atoms with van der Waals surface area (Å²) in [5.41, 5.74) is 4.17. The first kappa shape index (κ1) is 16.0. The normalized spacial score (nSPS) is 10.4. The molecule has 2 rings (SSSR count). The topological polar surface area (TPSA) is 36.4 Å². The molecule has 1 aromatic heterocycles. The van der Waals surface area contributed by atoms with Gasteiger partial charge in [-0.2, -0.15) is 0 Å². The van der Waals surface area contributed by atoms with Gasteiger partial charge in [0.25, 0.3) is 5.91 Å². The van der Waals surface area contributed by atoms with Gasteiger partial charge < -0.3 is 9.80 Å². The number of carbonyl (C=O) groups is 1. The predicted molar refractivity (Wildman–Crippen MR) is 90.4 cm³/mol. The first-order chi connectivity index (χ1) is 10.5. The van der Waals surface area contributed by atoms with E-state index in [4.69, 9.17) is 0 Å². The van der Waals surface area contributed by atoms with Crippen LogP contribution in [0.5, 0.6) is 0 Å². The highest BCUT2D eigenvalue weighted by atomic mass is 16.2. The molecule has 0 atom stereocenters. The Morgan fingerprint density at radius 3 is 2.36 bits per heavy atom. The molecule has 0 radical (unpaired) electrons. The number of likely N-dealkylation sites (N-methyl/N-ethyl adjacent to an activating group) is 1. The van der Waals surface area contributed by atoms with Crippen molar-refractivity contribution in [2.75, 3.05) is 32.6 Å². The van der Waals surface area contributed by atoms with Crippen LogP contribution in [0.4, 0.5) is 5.69 Å². The summed E-state index contributed by atoms with van der Waals surface area (Å²) in [5, 5.41) is 0. The molecule has 0 aliphatic carbocycles. The third kappa shape index (κ3) is 3.85. The Labute approximate surface area is 132 Å². The molecule has 4 heteroatoms. The van der Waals surface area contributed by atoms with Gasteiger partial charge in [-0.3, -0.25) is 9.78 Å². The van der Waals surface area contributed by atoms with Gasteiger partial charge >= 0.3 is 0 Å². The summed E-state index contributed by atoms with van der Waals surface area (Å²) in [6.07, 6.45) is 4.39. The van der Waals surface area contributed by atoms with Crippen molar-refractivity contribution in [2.45, 2.75) is 13.3 Å². The van der Waals surface area contributed by atoms with Crippen LogP contribution >= 0.6 is 0 Å². The first-order valence-corrected chi connectivity index (χ1v) is 7.41. The van der Waals surface area contributed by atoms with Crippen LogP contribution in [-0.4, -0.2) is 43.5 Å². The number of benzene rings is 1. The maximum Gasteiger partial charge on any atom is 0.253 e. The molecule has 0 aliphatic heterocycles. The van der Waals surface area contributed by atoms with Gasteiger partial charge in [0.2, 0.25) is 0 Å². The summed E-state index contributed by atoms with van der Waals surface area (Å²) in [4.78, 5) is 20.3. The Morgan fingerprint density at radius 2 is 1.77 bits per heavy atom. The molecule has 2 aromatic rings. The van der Waals surface area contributed by atoms with Crippen molar-refractivity contribution < 1.29 is 4.79 Å². The number of anilines is 1. The van der Waals surface area contributed by atoms with Gasteiger partial charge in [0.1, 0.15) is 0 Å². The number of aromatic nitrogens is 1. The van der Waals surface area contributed by atoms with Crippen LogP contribution in [0.1, 0.15) is 21.5 Å². The van der Waals surface area contributed by atoms with E-state index < -0.39 is 0 Å². The van der Waals surface area contributed by atoms with Crippen LogP contribution in [0.25, 0.3) is 0 Å². The number of nitrogens with zero attached hydrogens (tertiary/aromatic N) is 3. The summed E-state index contributed by atoms with van der Waals surface area (Å²) in [5.74, 6) is 0.0578. The van der Waals surface area contributed by atoms with E-state index in [0.717, 1.165) is 23.2 Å². The van der Waals surface area contributed by atoms with E-state index in [-0.39, 0.29) is 5.91 Å². The molecule has 116 valence electrons. The lowest BCUT2D eigenvalue weighted by molar-refractivity contribution is 0.0796. The fraction of sp³-hybridized carbons (Fsp3) is 0.333. The minimum absolute atomic E-state index is 0.0578. The average Bonchev–Trinajstić information content (AvgIpc) is 2.52. The van der Waals surface area contributed by atoms with Gasteiger partial charge in [-0.1, -0.05) is 0 Å². The Hall–Kier alpha value is -2.36. The van der Waals surface area contributed by atoms with Gasteiger partial charge in [-0.15, -0.1) is 0 Å². The van der Waals surface area contributed by atoms with Crippen molar-refractivity contribution in [3.8, 4) is 0 Å². The molecular formula is C18H23N3O. The molecule has 4 nitrogen and oxygen atoms in total. The Kier molecular flexibility index (Phi) is 5.15. The number of aryl methyl sites for hydroxylation is 1. The lowest BCUT2D eigenvalue weighted by Crippen LogP contribution is -2.29. The summed E-state index contributed by atoms with van der Waals surface area (Å²) < 4.78 is 0. The fourth-order valence-corrected chi connectivity index (χ4v) is 2.46. The molecule has 0 N–H and O–H groups in total. The minimum Gasteiger partial charge on any atom is -0.377 e. The Bertz CT molecular complexity index is 638. The molecule has 22 heavy (non-hydrogen) atoms. The molecule has 0 saturated heterocycles. The molecule has 0 unspecified atom stereocenters. The molecule has 0 fully saturated rings. The maximum absolute atomic E-state index is 12.5. The first-order valence-electron chi connectivity index (χ1n) is 7.41. The monoisotopic (exact) mass is 297 g/mol. The lowest BCUT2D eigenvalue weighted by atomic mass is 10.1. The van der Waals surface area contributed by atoms with Crippen LogP contribution in [0, 0.1) is 6.92 Å². The molecule has 1 heterocycles. The van der Waals surface area contributed by atoms with Crippen LogP contribution in [0.3, 0.4) is 0 Å². The van der Waals surface area contributed by atoms with Crippen LogP contribution < -0.4 is 4.90 Å². The lowest BCUT2D eigenvalue weighted by Gasteiger charge is -2.20. The molecule has 1 aromatic carbocycles. The van der Waals surface area contributed by atoms with Crippen molar-refractivity contribution in [2.24, 2.45) is 0 Å². The van der Waals surface area contributed by atoms with Gasteiger partial charge in [-0.05, 0) is 54.8 Å². The van der Waals surface area contributed by atoms with E-state index in [1.165, 1.54) is 5.56 Å². The van der Waals surface area contributed by atoms with Crippen molar-refractivity contribution in [1.29, 1.82) is 0 Å². The number of amides is 1. The summed E-state index contributed by atoms with van der Waals surface area (Å²) in [6.45, 7) is 2.72. The maximum atomic E-state index is 12.5. The molecule has 0 aliphatic rings. The Morgan fingerprint density at radius 1 is 1.09 bits per heavy atom. The van der Waals surface area contributed by atoms with E-state index in [1.807, 2.05) is 58.4 Å². The van der Waals surface area contributed by atoms with Crippen LogP contribution in [0.2, 0.25) is 0 Å². The van der Waals surface area contributed by atoms with Gasteiger partial charge in [0.05, 0.1) is 0 Å². The second kappa shape index (κ2) is 7.07. The van der Waals surface area contributed by atoms with E-state index >= 15 is 0 Å². The largest absolute Gasteiger partial charge is 0.377 e. The zero-order chi connectivity index (χ0) is 16.1.